The number of pyridine rings is 1. The highest BCUT2D eigenvalue weighted by Crippen LogP contribution is 2.29. The fraction of sp³-hybridized carbons (Fsp3) is 0.0625. The molecule has 0 aliphatic rings. The van der Waals surface area contributed by atoms with Crippen LogP contribution in [0, 0.1) is 0 Å². The molecule has 0 spiro atoms. The van der Waals surface area contributed by atoms with Crippen molar-refractivity contribution in [2.45, 2.75) is 10.6 Å². The number of rotatable bonds is 3. The van der Waals surface area contributed by atoms with E-state index in [9.17, 15) is 0 Å². The fourth-order valence-corrected chi connectivity index (χ4v) is 3.06. The Hall–Kier alpha value is -1.51. The zero-order valence-electron chi connectivity index (χ0n) is 10.2. The summed E-state index contributed by atoms with van der Waals surface area (Å²) in [5, 5.41) is 1.96. The molecule has 3 aromatic rings. The Balaban J connectivity index is 1.84. The first-order valence-electron chi connectivity index (χ1n) is 6.04. The highest BCUT2D eigenvalue weighted by Gasteiger charge is 2.02. The summed E-state index contributed by atoms with van der Waals surface area (Å²) in [6, 6.07) is 18.3. The van der Waals surface area contributed by atoms with E-state index in [2.05, 4.69) is 41.4 Å². The first kappa shape index (κ1) is 12.5. The van der Waals surface area contributed by atoms with Gasteiger partial charge in [0.1, 0.15) is 0 Å². The van der Waals surface area contributed by atoms with Gasteiger partial charge in [0.25, 0.3) is 0 Å². The summed E-state index contributed by atoms with van der Waals surface area (Å²) in [7, 11) is 0. The Kier molecular flexibility index (Phi) is 3.72. The number of para-hydroxylation sites is 1. The summed E-state index contributed by atoms with van der Waals surface area (Å²) >= 11 is 7.69. The summed E-state index contributed by atoms with van der Waals surface area (Å²) in [5.74, 6) is 0.923. The van der Waals surface area contributed by atoms with Crippen molar-refractivity contribution in [2.75, 3.05) is 0 Å². The minimum absolute atomic E-state index is 0.778. The first-order valence-corrected chi connectivity index (χ1v) is 7.40. The van der Waals surface area contributed by atoms with Gasteiger partial charge in [-0.25, -0.2) is 0 Å². The van der Waals surface area contributed by atoms with Crippen molar-refractivity contribution in [3.63, 3.8) is 0 Å². The number of halogens is 1. The van der Waals surface area contributed by atoms with E-state index in [1.807, 2.05) is 24.4 Å². The number of thioether (sulfide) groups is 1. The molecule has 0 atom stereocenters. The number of aromatic nitrogens is 1. The molecule has 0 radical (unpaired) electrons. The molecular weight excluding hydrogens is 274 g/mol. The molecule has 1 aromatic heterocycles. The second-order valence-corrected chi connectivity index (χ2v) is 5.70. The third-order valence-electron chi connectivity index (χ3n) is 2.90. The molecule has 0 aliphatic carbocycles. The van der Waals surface area contributed by atoms with Crippen molar-refractivity contribution in [2.24, 2.45) is 0 Å². The molecule has 0 N–H and O–H groups in total. The molecule has 1 nitrogen and oxygen atoms in total. The van der Waals surface area contributed by atoms with Crippen LogP contribution >= 0.6 is 23.4 Å². The van der Waals surface area contributed by atoms with Crippen molar-refractivity contribution in [3.8, 4) is 0 Å². The maximum Gasteiger partial charge on any atom is 0.0837 e. The van der Waals surface area contributed by atoms with Crippen molar-refractivity contribution < 1.29 is 0 Å². The van der Waals surface area contributed by atoms with Crippen LogP contribution in [0.1, 0.15) is 5.56 Å². The number of fused-ring (bicyclic) bond motifs is 1. The fourth-order valence-electron chi connectivity index (χ4n) is 1.93. The van der Waals surface area contributed by atoms with Crippen LogP contribution in [-0.4, -0.2) is 4.98 Å². The Morgan fingerprint density at radius 3 is 2.58 bits per heavy atom. The molecule has 3 rings (SSSR count). The third kappa shape index (κ3) is 2.91. The van der Waals surface area contributed by atoms with Crippen molar-refractivity contribution in [3.05, 3.63) is 71.4 Å². The lowest BCUT2D eigenvalue weighted by Crippen LogP contribution is -1.84. The second-order valence-electron chi connectivity index (χ2n) is 4.25. The smallest absolute Gasteiger partial charge is 0.0837 e. The molecule has 0 aliphatic heterocycles. The molecule has 0 saturated carbocycles. The predicted molar refractivity (Wildman–Crippen MR) is 82.8 cm³/mol. The minimum atomic E-state index is 0.778. The van der Waals surface area contributed by atoms with Crippen LogP contribution in [0.2, 0.25) is 5.02 Å². The highest BCUT2D eigenvalue weighted by molar-refractivity contribution is 7.98. The molecule has 0 bridgehead atoms. The highest BCUT2D eigenvalue weighted by atomic mass is 35.5. The van der Waals surface area contributed by atoms with Gasteiger partial charge in [0.05, 0.1) is 5.52 Å². The summed E-state index contributed by atoms with van der Waals surface area (Å²) in [5.41, 5.74) is 2.34. The van der Waals surface area contributed by atoms with E-state index in [-0.39, 0.29) is 0 Å². The molecule has 3 heteroatoms. The van der Waals surface area contributed by atoms with Gasteiger partial charge in [0, 0.05) is 27.3 Å². The molecule has 0 fully saturated rings. The quantitative estimate of drug-likeness (QED) is 0.615. The molecule has 0 saturated heterocycles. The van der Waals surface area contributed by atoms with E-state index >= 15 is 0 Å². The van der Waals surface area contributed by atoms with Crippen LogP contribution in [0.15, 0.2) is 65.7 Å². The minimum Gasteiger partial charge on any atom is -0.255 e. The number of nitrogens with zero attached hydrogens (tertiary/aromatic N) is 1. The van der Waals surface area contributed by atoms with Gasteiger partial charge in [0.15, 0.2) is 0 Å². The topological polar surface area (TPSA) is 12.9 Å². The predicted octanol–water partition coefficient (Wildman–Crippen LogP) is 5.18. The van der Waals surface area contributed by atoms with Gasteiger partial charge in [0.2, 0.25) is 0 Å². The van der Waals surface area contributed by atoms with E-state index < -0.39 is 0 Å². The SMILES string of the molecule is Clc1ccc(CSc2cccc3cccnc23)cc1. The molecule has 2 aromatic carbocycles. The van der Waals surface area contributed by atoms with Crippen LogP contribution in [0.4, 0.5) is 0 Å². The van der Waals surface area contributed by atoms with E-state index in [4.69, 9.17) is 11.6 Å². The van der Waals surface area contributed by atoms with E-state index in [1.54, 1.807) is 11.8 Å². The third-order valence-corrected chi connectivity index (χ3v) is 4.27. The average Bonchev–Trinajstić information content (AvgIpc) is 2.47. The number of hydrogen-bond donors (Lipinski definition) is 0. The van der Waals surface area contributed by atoms with Gasteiger partial charge in [-0.1, -0.05) is 41.9 Å². The van der Waals surface area contributed by atoms with Gasteiger partial charge < -0.3 is 0 Å². The molecule has 0 amide bonds. The zero-order valence-corrected chi connectivity index (χ0v) is 11.8. The van der Waals surface area contributed by atoms with Crippen molar-refractivity contribution in [1.82, 2.24) is 4.98 Å². The molecule has 1 heterocycles. The van der Waals surface area contributed by atoms with Crippen LogP contribution < -0.4 is 0 Å². The van der Waals surface area contributed by atoms with E-state index in [1.165, 1.54) is 15.8 Å². The number of benzene rings is 2. The second kappa shape index (κ2) is 5.64. The van der Waals surface area contributed by atoms with Gasteiger partial charge in [-0.3, -0.25) is 4.98 Å². The standard InChI is InChI=1S/C16H12ClNS/c17-14-8-6-12(7-9-14)11-19-15-5-1-3-13-4-2-10-18-16(13)15/h1-10H,11H2. The molecular formula is C16H12ClNS. The lowest BCUT2D eigenvalue weighted by Gasteiger charge is -2.05. The first-order chi connectivity index (χ1) is 9.33. The summed E-state index contributed by atoms with van der Waals surface area (Å²) in [4.78, 5) is 5.68. The summed E-state index contributed by atoms with van der Waals surface area (Å²) in [6.07, 6.45) is 1.84. The van der Waals surface area contributed by atoms with Gasteiger partial charge >= 0.3 is 0 Å². The van der Waals surface area contributed by atoms with Gasteiger partial charge in [-0.05, 0) is 29.8 Å². The Morgan fingerprint density at radius 2 is 1.74 bits per heavy atom. The Bertz CT molecular complexity index is 689. The van der Waals surface area contributed by atoms with Crippen LogP contribution in [-0.2, 0) is 5.75 Å². The van der Waals surface area contributed by atoms with Crippen LogP contribution in [0.25, 0.3) is 10.9 Å². The van der Waals surface area contributed by atoms with Crippen molar-refractivity contribution >= 4 is 34.3 Å². The van der Waals surface area contributed by atoms with Gasteiger partial charge in [-0.2, -0.15) is 0 Å². The summed E-state index contributed by atoms with van der Waals surface area (Å²) < 4.78 is 0. The molecule has 94 valence electrons. The lowest BCUT2D eigenvalue weighted by molar-refractivity contribution is 1.34. The maximum atomic E-state index is 5.89. The molecule has 19 heavy (non-hydrogen) atoms. The van der Waals surface area contributed by atoms with E-state index in [0.717, 1.165) is 16.3 Å². The largest absolute Gasteiger partial charge is 0.255 e. The molecule has 0 unspecified atom stereocenters. The Morgan fingerprint density at radius 1 is 0.947 bits per heavy atom. The van der Waals surface area contributed by atoms with Crippen LogP contribution in [0.3, 0.4) is 0 Å². The lowest BCUT2D eigenvalue weighted by atomic mass is 10.2. The average molecular weight is 286 g/mol. The maximum absolute atomic E-state index is 5.89. The Labute approximate surface area is 121 Å². The van der Waals surface area contributed by atoms with Gasteiger partial charge in [-0.15, -0.1) is 11.8 Å². The zero-order chi connectivity index (χ0) is 13.1. The van der Waals surface area contributed by atoms with E-state index in [0.29, 0.717) is 0 Å². The normalized spacial score (nSPS) is 10.8. The van der Waals surface area contributed by atoms with Crippen LogP contribution in [0.5, 0.6) is 0 Å². The monoisotopic (exact) mass is 285 g/mol. The number of hydrogen-bond acceptors (Lipinski definition) is 2. The summed E-state index contributed by atoms with van der Waals surface area (Å²) in [6.45, 7) is 0. The van der Waals surface area contributed by atoms with Crippen molar-refractivity contribution in [1.29, 1.82) is 0 Å².